The summed E-state index contributed by atoms with van der Waals surface area (Å²) in [5.74, 6) is 0.326. The molecule has 0 aromatic heterocycles. The van der Waals surface area contributed by atoms with Crippen LogP contribution in [0.4, 0.5) is 4.39 Å². The second-order valence-corrected chi connectivity index (χ2v) is 5.45. The Balaban J connectivity index is 2.12. The Morgan fingerprint density at radius 3 is 2.42 bits per heavy atom. The van der Waals surface area contributed by atoms with E-state index in [1.807, 2.05) is 24.3 Å². The standard InChI is InChI=1S/C17H17FO/c1-17(9-10-17)15-6-4-3-5-13(15)14-8-7-12(19-2)11-16(14)18/h3-8,11H,9-10H2,1-2H3. The number of methoxy groups -OCH3 is 1. The van der Waals surface area contributed by atoms with Crippen molar-refractivity contribution >= 4 is 0 Å². The van der Waals surface area contributed by atoms with E-state index in [1.54, 1.807) is 13.2 Å². The van der Waals surface area contributed by atoms with Crippen molar-refractivity contribution in [2.75, 3.05) is 7.11 Å². The molecule has 2 aromatic rings. The zero-order chi connectivity index (χ0) is 13.5. The predicted molar refractivity (Wildman–Crippen MR) is 75.0 cm³/mol. The van der Waals surface area contributed by atoms with Crippen LogP contribution < -0.4 is 4.74 Å². The molecular weight excluding hydrogens is 239 g/mol. The van der Waals surface area contributed by atoms with Gasteiger partial charge in [0, 0.05) is 11.6 Å². The van der Waals surface area contributed by atoms with Gasteiger partial charge in [0.25, 0.3) is 0 Å². The maximum atomic E-state index is 14.2. The number of ether oxygens (including phenoxy) is 1. The fourth-order valence-electron chi connectivity index (χ4n) is 2.54. The maximum absolute atomic E-state index is 14.2. The lowest BCUT2D eigenvalue weighted by atomic mass is 9.89. The van der Waals surface area contributed by atoms with Gasteiger partial charge in [-0.05, 0) is 41.5 Å². The van der Waals surface area contributed by atoms with Gasteiger partial charge in [-0.15, -0.1) is 0 Å². The van der Waals surface area contributed by atoms with Crippen molar-refractivity contribution in [3.63, 3.8) is 0 Å². The first kappa shape index (κ1) is 12.2. The van der Waals surface area contributed by atoms with E-state index in [4.69, 9.17) is 4.74 Å². The van der Waals surface area contributed by atoms with E-state index in [0.717, 1.165) is 5.56 Å². The zero-order valence-electron chi connectivity index (χ0n) is 11.2. The van der Waals surface area contributed by atoms with Crippen molar-refractivity contribution < 1.29 is 9.13 Å². The summed E-state index contributed by atoms with van der Waals surface area (Å²) >= 11 is 0. The molecule has 0 amide bonds. The van der Waals surface area contributed by atoms with Crippen LogP contribution in [0.1, 0.15) is 25.3 Å². The molecule has 1 nitrogen and oxygen atoms in total. The van der Waals surface area contributed by atoms with Gasteiger partial charge in [0.15, 0.2) is 0 Å². The van der Waals surface area contributed by atoms with Gasteiger partial charge in [-0.25, -0.2) is 4.39 Å². The first-order valence-corrected chi connectivity index (χ1v) is 6.57. The van der Waals surface area contributed by atoms with Crippen molar-refractivity contribution in [3.8, 4) is 16.9 Å². The molecule has 2 heteroatoms. The van der Waals surface area contributed by atoms with Crippen LogP contribution in [0.3, 0.4) is 0 Å². The van der Waals surface area contributed by atoms with Crippen LogP contribution >= 0.6 is 0 Å². The Bertz CT molecular complexity index is 614. The second kappa shape index (κ2) is 4.37. The lowest BCUT2D eigenvalue weighted by molar-refractivity contribution is 0.411. The van der Waals surface area contributed by atoms with E-state index >= 15 is 0 Å². The Morgan fingerprint density at radius 2 is 1.79 bits per heavy atom. The molecule has 2 aromatic carbocycles. The van der Waals surface area contributed by atoms with Gasteiger partial charge in [-0.2, -0.15) is 0 Å². The van der Waals surface area contributed by atoms with Gasteiger partial charge >= 0.3 is 0 Å². The summed E-state index contributed by atoms with van der Waals surface area (Å²) in [6, 6.07) is 13.2. The van der Waals surface area contributed by atoms with Crippen LogP contribution in [-0.4, -0.2) is 7.11 Å². The monoisotopic (exact) mass is 256 g/mol. The van der Waals surface area contributed by atoms with E-state index in [-0.39, 0.29) is 11.2 Å². The summed E-state index contributed by atoms with van der Waals surface area (Å²) in [7, 11) is 1.55. The predicted octanol–water partition coefficient (Wildman–Crippen LogP) is 4.55. The summed E-state index contributed by atoms with van der Waals surface area (Å²) in [4.78, 5) is 0. The molecule has 0 radical (unpaired) electrons. The van der Waals surface area contributed by atoms with Gasteiger partial charge in [0.1, 0.15) is 11.6 Å². The van der Waals surface area contributed by atoms with Crippen molar-refractivity contribution in [1.82, 2.24) is 0 Å². The minimum absolute atomic E-state index is 0.225. The molecule has 1 saturated carbocycles. The summed E-state index contributed by atoms with van der Waals surface area (Å²) in [6.45, 7) is 2.24. The number of hydrogen-bond acceptors (Lipinski definition) is 1. The highest BCUT2D eigenvalue weighted by molar-refractivity contribution is 5.70. The molecule has 0 N–H and O–H groups in total. The molecule has 3 rings (SSSR count). The minimum Gasteiger partial charge on any atom is -0.497 e. The summed E-state index contributed by atoms with van der Waals surface area (Å²) in [6.07, 6.45) is 2.36. The Morgan fingerprint density at radius 1 is 1.05 bits per heavy atom. The van der Waals surface area contributed by atoms with Crippen molar-refractivity contribution in [2.24, 2.45) is 0 Å². The molecule has 0 heterocycles. The van der Waals surface area contributed by atoms with Crippen LogP contribution in [0, 0.1) is 5.82 Å². The summed E-state index contributed by atoms with van der Waals surface area (Å²) < 4.78 is 19.3. The number of halogens is 1. The minimum atomic E-state index is -0.226. The maximum Gasteiger partial charge on any atom is 0.134 e. The van der Waals surface area contributed by atoms with Gasteiger partial charge < -0.3 is 4.74 Å². The lowest BCUT2D eigenvalue weighted by Crippen LogP contribution is -2.03. The molecule has 0 spiro atoms. The molecule has 0 atom stereocenters. The Kier molecular flexibility index (Phi) is 2.81. The molecule has 0 saturated heterocycles. The third kappa shape index (κ3) is 2.12. The highest BCUT2D eigenvalue weighted by Crippen LogP contribution is 2.50. The van der Waals surface area contributed by atoms with Crippen LogP contribution in [0.2, 0.25) is 0 Å². The summed E-state index contributed by atoms with van der Waals surface area (Å²) in [5, 5.41) is 0. The topological polar surface area (TPSA) is 9.23 Å². The molecule has 19 heavy (non-hydrogen) atoms. The normalized spacial score (nSPS) is 16.2. The molecule has 0 unspecified atom stereocenters. The highest BCUT2D eigenvalue weighted by atomic mass is 19.1. The van der Waals surface area contributed by atoms with Crippen LogP contribution in [0.15, 0.2) is 42.5 Å². The fraction of sp³-hybridized carbons (Fsp3) is 0.294. The number of hydrogen-bond donors (Lipinski definition) is 0. The molecule has 1 aliphatic rings. The van der Waals surface area contributed by atoms with Gasteiger partial charge in [0.05, 0.1) is 7.11 Å². The number of rotatable bonds is 3. The van der Waals surface area contributed by atoms with Crippen LogP contribution in [0.5, 0.6) is 5.75 Å². The highest BCUT2D eigenvalue weighted by Gasteiger charge is 2.40. The van der Waals surface area contributed by atoms with Gasteiger partial charge in [-0.1, -0.05) is 31.2 Å². The third-order valence-electron chi connectivity index (χ3n) is 4.04. The zero-order valence-corrected chi connectivity index (χ0v) is 11.2. The first-order valence-electron chi connectivity index (χ1n) is 6.57. The molecule has 0 bridgehead atoms. The third-order valence-corrected chi connectivity index (χ3v) is 4.04. The van der Waals surface area contributed by atoms with Crippen LogP contribution in [-0.2, 0) is 5.41 Å². The fourth-order valence-corrected chi connectivity index (χ4v) is 2.54. The van der Waals surface area contributed by atoms with E-state index in [9.17, 15) is 4.39 Å². The molecule has 1 fully saturated rings. The molecular formula is C17H17FO. The number of benzene rings is 2. The van der Waals surface area contributed by atoms with Crippen molar-refractivity contribution in [1.29, 1.82) is 0 Å². The average Bonchev–Trinajstić information content (AvgIpc) is 3.18. The van der Waals surface area contributed by atoms with Crippen molar-refractivity contribution in [2.45, 2.75) is 25.2 Å². The van der Waals surface area contributed by atoms with E-state index in [1.165, 1.54) is 24.5 Å². The Labute approximate surface area is 113 Å². The average molecular weight is 256 g/mol. The van der Waals surface area contributed by atoms with Crippen molar-refractivity contribution in [3.05, 3.63) is 53.8 Å². The first-order chi connectivity index (χ1) is 9.14. The smallest absolute Gasteiger partial charge is 0.134 e. The summed E-state index contributed by atoms with van der Waals surface area (Å²) in [5.41, 5.74) is 3.13. The molecule has 0 aliphatic heterocycles. The molecule has 1 aliphatic carbocycles. The van der Waals surface area contributed by atoms with E-state index < -0.39 is 0 Å². The largest absolute Gasteiger partial charge is 0.497 e. The van der Waals surface area contributed by atoms with Gasteiger partial charge in [-0.3, -0.25) is 0 Å². The Hall–Kier alpha value is -1.83. The SMILES string of the molecule is COc1ccc(-c2ccccc2C2(C)CC2)c(F)c1. The van der Waals surface area contributed by atoms with E-state index in [0.29, 0.717) is 11.3 Å². The van der Waals surface area contributed by atoms with E-state index in [2.05, 4.69) is 13.0 Å². The quantitative estimate of drug-likeness (QED) is 0.782. The molecule has 98 valence electrons. The lowest BCUT2D eigenvalue weighted by Gasteiger charge is -2.16. The van der Waals surface area contributed by atoms with Gasteiger partial charge in [0.2, 0.25) is 0 Å². The second-order valence-electron chi connectivity index (χ2n) is 5.45. The van der Waals surface area contributed by atoms with Crippen LogP contribution in [0.25, 0.3) is 11.1 Å².